The lowest BCUT2D eigenvalue weighted by atomic mass is 9.92. The summed E-state index contributed by atoms with van der Waals surface area (Å²) < 4.78 is 5.71. The van der Waals surface area contributed by atoms with Gasteiger partial charge in [-0.2, -0.15) is 0 Å². The Kier molecular flexibility index (Phi) is 7.11. The Morgan fingerprint density at radius 1 is 1.00 bits per heavy atom. The van der Waals surface area contributed by atoms with Crippen molar-refractivity contribution in [3.8, 4) is 5.75 Å². The molecule has 1 unspecified atom stereocenters. The van der Waals surface area contributed by atoms with Gasteiger partial charge in [0.15, 0.2) is 6.61 Å². The first-order valence-electron chi connectivity index (χ1n) is 11.9. The number of para-hydroxylation sites is 1. The summed E-state index contributed by atoms with van der Waals surface area (Å²) in [4.78, 5) is 42.6. The third kappa shape index (κ3) is 5.10. The predicted octanol–water partition coefficient (Wildman–Crippen LogP) is 4.68. The zero-order valence-electron chi connectivity index (χ0n) is 19.4. The van der Waals surface area contributed by atoms with Crippen molar-refractivity contribution in [3.63, 3.8) is 0 Å². The highest BCUT2D eigenvalue weighted by Crippen LogP contribution is 2.32. The van der Waals surface area contributed by atoms with Gasteiger partial charge in [0.05, 0.1) is 12.1 Å². The first-order chi connectivity index (χ1) is 16.0. The number of hydrogen-bond acceptors (Lipinski definition) is 4. The van der Waals surface area contributed by atoms with E-state index < -0.39 is 6.04 Å². The number of amides is 3. The van der Waals surface area contributed by atoms with Crippen LogP contribution < -0.4 is 9.64 Å². The molecule has 174 valence electrons. The molecule has 1 aliphatic heterocycles. The number of hydrogen-bond donors (Lipinski definition) is 0. The minimum Gasteiger partial charge on any atom is -0.484 e. The third-order valence-electron chi connectivity index (χ3n) is 6.64. The Hall–Kier alpha value is -3.15. The van der Waals surface area contributed by atoms with Crippen molar-refractivity contribution in [2.75, 3.05) is 11.5 Å². The molecule has 0 N–H and O–H groups in total. The summed E-state index contributed by atoms with van der Waals surface area (Å²) in [6, 6.07) is 15.9. The predicted molar refractivity (Wildman–Crippen MR) is 127 cm³/mol. The van der Waals surface area contributed by atoms with Crippen LogP contribution in [0.2, 0.25) is 0 Å². The van der Waals surface area contributed by atoms with Gasteiger partial charge >= 0.3 is 0 Å². The summed E-state index contributed by atoms with van der Waals surface area (Å²) >= 11 is 0. The van der Waals surface area contributed by atoms with Crippen LogP contribution in [0.5, 0.6) is 5.75 Å². The van der Waals surface area contributed by atoms with E-state index in [4.69, 9.17) is 4.74 Å². The molecule has 0 bridgehead atoms. The molecule has 6 nitrogen and oxygen atoms in total. The summed E-state index contributed by atoms with van der Waals surface area (Å²) in [6.07, 6.45) is 4.87. The largest absolute Gasteiger partial charge is 0.484 e. The summed E-state index contributed by atoms with van der Waals surface area (Å²) in [5.41, 5.74) is 1.71. The monoisotopic (exact) mass is 448 g/mol. The van der Waals surface area contributed by atoms with E-state index >= 15 is 0 Å². The quantitative estimate of drug-likeness (QED) is 0.577. The van der Waals surface area contributed by atoms with Crippen molar-refractivity contribution in [2.45, 2.75) is 70.4 Å². The highest BCUT2D eigenvalue weighted by atomic mass is 16.5. The number of rotatable bonds is 7. The van der Waals surface area contributed by atoms with Gasteiger partial charge in [-0.25, -0.2) is 4.90 Å². The van der Waals surface area contributed by atoms with E-state index in [1.165, 1.54) is 4.90 Å². The van der Waals surface area contributed by atoms with Gasteiger partial charge in [0.25, 0.3) is 11.8 Å². The van der Waals surface area contributed by atoms with E-state index in [0.717, 1.165) is 37.7 Å². The van der Waals surface area contributed by atoms with Crippen LogP contribution in [0.4, 0.5) is 5.69 Å². The smallest absolute Gasteiger partial charge is 0.261 e. The van der Waals surface area contributed by atoms with Crippen LogP contribution in [0.1, 0.15) is 63.9 Å². The lowest BCUT2D eigenvalue weighted by molar-refractivity contribution is -0.143. The average molecular weight is 449 g/mol. The molecule has 33 heavy (non-hydrogen) atoms. The van der Waals surface area contributed by atoms with E-state index in [1.807, 2.05) is 42.5 Å². The Labute approximate surface area is 195 Å². The molecule has 0 radical (unpaired) electrons. The highest BCUT2D eigenvalue weighted by molar-refractivity contribution is 6.23. The fourth-order valence-electron chi connectivity index (χ4n) is 4.84. The molecule has 2 fully saturated rings. The molecular formula is C27H32N2O4. The van der Waals surface area contributed by atoms with Crippen LogP contribution >= 0.6 is 0 Å². The highest BCUT2D eigenvalue weighted by Gasteiger charge is 2.46. The van der Waals surface area contributed by atoms with Crippen LogP contribution in [0, 0.1) is 0 Å². The van der Waals surface area contributed by atoms with Crippen molar-refractivity contribution in [3.05, 3.63) is 60.2 Å². The second-order valence-corrected chi connectivity index (χ2v) is 9.23. The van der Waals surface area contributed by atoms with Crippen LogP contribution in [-0.2, 0) is 14.4 Å². The maximum atomic E-state index is 13.5. The number of imide groups is 1. The number of ether oxygens (including phenoxy) is 1. The van der Waals surface area contributed by atoms with Crippen LogP contribution in [-0.4, -0.2) is 41.3 Å². The number of carbonyl (C=O) groups is 3. The van der Waals surface area contributed by atoms with Crippen LogP contribution in [0.15, 0.2) is 54.6 Å². The van der Waals surface area contributed by atoms with Crippen molar-refractivity contribution in [1.82, 2.24) is 4.90 Å². The summed E-state index contributed by atoms with van der Waals surface area (Å²) in [7, 11) is 0. The number of anilines is 1. The Balaban J connectivity index is 1.55. The maximum Gasteiger partial charge on any atom is 0.261 e. The van der Waals surface area contributed by atoms with Gasteiger partial charge < -0.3 is 9.64 Å². The molecule has 0 aromatic heterocycles. The average Bonchev–Trinajstić information content (AvgIpc) is 3.12. The molecule has 0 spiro atoms. The maximum absolute atomic E-state index is 13.5. The fraction of sp³-hybridized carbons (Fsp3) is 0.444. The summed E-state index contributed by atoms with van der Waals surface area (Å²) in [5, 5.41) is 0. The Morgan fingerprint density at radius 3 is 2.30 bits per heavy atom. The van der Waals surface area contributed by atoms with Gasteiger partial charge in [-0.3, -0.25) is 14.4 Å². The SMILES string of the molecule is CC(C)c1ccc(N2C(=O)CC(N(C(=O)COc3ccccc3)C3CCCCC3)C2=O)cc1. The molecule has 1 aliphatic carbocycles. The number of nitrogens with zero attached hydrogens (tertiary/aromatic N) is 2. The number of benzene rings is 2. The van der Waals surface area contributed by atoms with E-state index in [-0.39, 0.29) is 36.8 Å². The minimum absolute atomic E-state index is 0.0122. The molecule has 1 saturated carbocycles. The van der Waals surface area contributed by atoms with E-state index in [2.05, 4.69) is 13.8 Å². The van der Waals surface area contributed by atoms with E-state index in [9.17, 15) is 14.4 Å². The van der Waals surface area contributed by atoms with Gasteiger partial charge in [0.1, 0.15) is 11.8 Å². The van der Waals surface area contributed by atoms with Crippen LogP contribution in [0.3, 0.4) is 0 Å². The van der Waals surface area contributed by atoms with Gasteiger partial charge in [-0.05, 0) is 48.6 Å². The summed E-state index contributed by atoms with van der Waals surface area (Å²) in [6.45, 7) is 4.05. The normalized spacial score (nSPS) is 19.2. The number of carbonyl (C=O) groups excluding carboxylic acids is 3. The van der Waals surface area contributed by atoms with Crippen molar-refractivity contribution < 1.29 is 19.1 Å². The lowest BCUT2D eigenvalue weighted by Crippen LogP contribution is -2.52. The molecule has 2 aromatic carbocycles. The van der Waals surface area contributed by atoms with E-state index in [0.29, 0.717) is 17.4 Å². The van der Waals surface area contributed by atoms with Crippen molar-refractivity contribution in [1.29, 1.82) is 0 Å². The Bertz CT molecular complexity index is 981. The fourth-order valence-corrected chi connectivity index (χ4v) is 4.84. The molecular weight excluding hydrogens is 416 g/mol. The lowest BCUT2D eigenvalue weighted by Gasteiger charge is -2.37. The topological polar surface area (TPSA) is 66.9 Å². The van der Waals surface area contributed by atoms with Crippen molar-refractivity contribution in [2.24, 2.45) is 0 Å². The van der Waals surface area contributed by atoms with Gasteiger partial charge in [0, 0.05) is 6.04 Å². The first kappa shape index (κ1) is 23.0. The minimum atomic E-state index is -0.780. The van der Waals surface area contributed by atoms with Gasteiger partial charge in [-0.1, -0.05) is 63.4 Å². The molecule has 2 aliphatic rings. The second kappa shape index (κ2) is 10.2. The molecule has 1 heterocycles. The van der Waals surface area contributed by atoms with E-state index in [1.54, 1.807) is 17.0 Å². The second-order valence-electron chi connectivity index (χ2n) is 9.23. The van der Waals surface area contributed by atoms with Crippen molar-refractivity contribution >= 4 is 23.4 Å². The molecule has 6 heteroatoms. The van der Waals surface area contributed by atoms with Gasteiger partial charge in [-0.15, -0.1) is 0 Å². The molecule has 1 saturated heterocycles. The zero-order chi connectivity index (χ0) is 23.4. The van der Waals surface area contributed by atoms with Gasteiger partial charge in [0.2, 0.25) is 5.91 Å². The molecule has 3 amide bonds. The zero-order valence-corrected chi connectivity index (χ0v) is 19.4. The van der Waals surface area contributed by atoms with Crippen LogP contribution in [0.25, 0.3) is 0 Å². The standard InChI is InChI=1S/C27H32N2O4/c1-19(2)20-13-15-22(16-14-20)29-25(30)17-24(27(29)32)28(21-9-5-3-6-10-21)26(31)18-33-23-11-7-4-8-12-23/h4,7-8,11-16,19,21,24H,3,5-6,9-10,17-18H2,1-2H3. The molecule has 4 rings (SSSR count). The summed E-state index contributed by atoms with van der Waals surface area (Å²) in [5.74, 6) is 0.140. The third-order valence-corrected chi connectivity index (χ3v) is 6.64. The molecule has 2 aromatic rings. The first-order valence-corrected chi connectivity index (χ1v) is 11.9. The molecule has 1 atom stereocenters. The Morgan fingerprint density at radius 2 is 1.67 bits per heavy atom.